The van der Waals surface area contributed by atoms with E-state index in [1.807, 2.05) is 19.1 Å². The third-order valence-electron chi connectivity index (χ3n) is 4.89. The van der Waals surface area contributed by atoms with Gasteiger partial charge in [0.05, 0.1) is 13.2 Å². The maximum atomic E-state index is 12.2. The summed E-state index contributed by atoms with van der Waals surface area (Å²) in [4.78, 5) is 4.75. The molecule has 1 aromatic carbocycles. The molecule has 28 heavy (non-hydrogen) atoms. The van der Waals surface area contributed by atoms with Gasteiger partial charge in [0.2, 0.25) is 0 Å². The zero-order valence-corrected chi connectivity index (χ0v) is 18.7. The molecule has 158 valence electrons. The number of benzene rings is 1. The van der Waals surface area contributed by atoms with E-state index in [1.165, 1.54) is 0 Å². The molecule has 1 aliphatic rings. The zero-order chi connectivity index (χ0) is 20.4. The van der Waals surface area contributed by atoms with Crippen LogP contribution in [-0.4, -0.2) is 40.4 Å². The molecule has 5 nitrogen and oxygen atoms in total. The van der Waals surface area contributed by atoms with Gasteiger partial charge in [-0.2, -0.15) is 0 Å². The van der Waals surface area contributed by atoms with Gasteiger partial charge in [0.15, 0.2) is 5.96 Å². The monoisotopic (exact) mass is 407 g/mol. The number of guanidine groups is 1. The number of aliphatic imine (C=N–C) groups is 1. The van der Waals surface area contributed by atoms with Gasteiger partial charge < -0.3 is 15.4 Å². The smallest absolute Gasteiger partial charge is 0.191 e. The van der Waals surface area contributed by atoms with Gasteiger partial charge in [0.1, 0.15) is 5.75 Å². The molecule has 0 bridgehead atoms. The first-order valence-electron chi connectivity index (χ1n) is 10.7. The lowest BCUT2D eigenvalue weighted by Gasteiger charge is -2.30. The third-order valence-corrected chi connectivity index (χ3v) is 6.63. The predicted molar refractivity (Wildman–Crippen MR) is 119 cm³/mol. The molecule has 0 aromatic heterocycles. The fraction of sp³-hybridized carbons (Fsp3) is 0.682. The summed E-state index contributed by atoms with van der Waals surface area (Å²) in [5.74, 6) is 3.02. The minimum absolute atomic E-state index is 0.317. The van der Waals surface area contributed by atoms with Crippen LogP contribution in [0.4, 0.5) is 0 Å². The van der Waals surface area contributed by atoms with Gasteiger partial charge in [-0.1, -0.05) is 39.3 Å². The van der Waals surface area contributed by atoms with E-state index in [0.717, 1.165) is 61.9 Å². The molecular weight excluding hydrogens is 370 g/mol. The van der Waals surface area contributed by atoms with Crippen molar-refractivity contribution in [3.63, 3.8) is 0 Å². The Morgan fingerprint density at radius 3 is 2.64 bits per heavy atom. The molecule has 1 fully saturated rings. The summed E-state index contributed by atoms with van der Waals surface area (Å²) >= 11 is 0. The third kappa shape index (κ3) is 7.82. The quantitative estimate of drug-likeness (QED) is 0.482. The van der Waals surface area contributed by atoms with Crippen molar-refractivity contribution in [3.8, 4) is 5.75 Å². The van der Waals surface area contributed by atoms with E-state index in [4.69, 9.17) is 9.73 Å². The maximum absolute atomic E-state index is 12.2. The van der Waals surface area contributed by atoms with E-state index in [1.54, 1.807) is 0 Å². The summed E-state index contributed by atoms with van der Waals surface area (Å²) in [6.45, 7) is 10.6. The highest BCUT2D eigenvalue weighted by atomic mass is 32.2. The number of hydrogen-bond donors (Lipinski definition) is 2. The van der Waals surface area contributed by atoms with Crippen molar-refractivity contribution in [1.82, 2.24) is 10.6 Å². The Balaban J connectivity index is 1.91. The molecule has 3 atom stereocenters. The lowest BCUT2D eigenvalue weighted by Crippen LogP contribution is -2.46. The molecule has 0 spiro atoms. The molecule has 1 aliphatic carbocycles. The highest BCUT2D eigenvalue weighted by Gasteiger charge is 2.26. The number of rotatable bonds is 9. The average Bonchev–Trinajstić information content (AvgIpc) is 2.71. The van der Waals surface area contributed by atoms with Gasteiger partial charge in [-0.05, 0) is 49.8 Å². The van der Waals surface area contributed by atoms with E-state index in [-0.39, 0.29) is 0 Å². The Kier molecular flexibility index (Phi) is 9.82. The van der Waals surface area contributed by atoms with Crippen LogP contribution in [0.3, 0.4) is 0 Å². The minimum Gasteiger partial charge on any atom is -0.493 e. The van der Waals surface area contributed by atoms with E-state index >= 15 is 0 Å². The number of ether oxygens (including phenoxy) is 1. The Morgan fingerprint density at radius 2 is 2.00 bits per heavy atom. The first-order chi connectivity index (χ1) is 13.5. The minimum atomic E-state index is -0.706. The number of nitrogens with one attached hydrogen (secondary N) is 2. The SMILES string of the molecule is CCNC(=NCc1ccc(OCC(C)C)cc1)NC1CCCC(S(=O)CC)C1. The van der Waals surface area contributed by atoms with Crippen LogP contribution < -0.4 is 15.4 Å². The molecule has 1 saturated carbocycles. The summed E-state index contributed by atoms with van der Waals surface area (Å²) in [5.41, 5.74) is 1.16. The largest absolute Gasteiger partial charge is 0.493 e. The van der Waals surface area contributed by atoms with Crippen molar-refractivity contribution in [2.24, 2.45) is 10.9 Å². The van der Waals surface area contributed by atoms with Crippen molar-refractivity contribution in [2.45, 2.75) is 71.2 Å². The highest BCUT2D eigenvalue weighted by Crippen LogP contribution is 2.23. The normalized spacial score (nSPS) is 21.4. The lowest BCUT2D eigenvalue weighted by atomic mass is 9.95. The van der Waals surface area contributed by atoms with Crippen molar-refractivity contribution in [1.29, 1.82) is 0 Å². The first-order valence-corrected chi connectivity index (χ1v) is 12.0. The molecule has 0 amide bonds. The van der Waals surface area contributed by atoms with Gasteiger partial charge in [0.25, 0.3) is 0 Å². The molecular formula is C22H37N3O2S. The van der Waals surface area contributed by atoms with Crippen LogP contribution in [0.2, 0.25) is 0 Å². The molecule has 2 N–H and O–H groups in total. The zero-order valence-electron chi connectivity index (χ0n) is 17.9. The van der Waals surface area contributed by atoms with Crippen LogP contribution in [0.5, 0.6) is 5.75 Å². The average molecular weight is 408 g/mol. The van der Waals surface area contributed by atoms with Crippen LogP contribution >= 0.6 is 0 Å². The Labute approximate surface area is 173 Å². The molecule has 0 heterocycles. The highest BCUT2D eigenvalue weighted by molar-refractivity contribution is 7.85. The second kappa shape index (κ2) is 12.1. The van der Waals surface area contributed by atoms with Gasteiger partial charge in [0, 0.05) is 34.4 Å². The van der Waals surface area contributed by atoms with Gasteiger partial charge in [-0.3, -0.25) is 4.21 Å². The summed E-state index contributed by atoms with van der Waals surface area (Å²) in [5, 5.41) is 7.22. The van der Waals surface area contributed by atoms with Crippen LogP contribution in [0, 0.1) is 5.92 Å². The van der Waals surface area contributed by atoms with E-state index in [0.29, 0.717) is 23.8 Å². The van der Waals surface area contributed by atoms with Crippen molar-refractivity contribution >= 4 is 16.8 Å². The van der Waals surface area contributed by atoms with E-state index < -0.39 is 10.8 Å². The predicted octanol–water partition coefficient (Wildman–Crippen LogP) is 3.86. The molecule has 6 heteroatoms. The van der Waals surface area contributed by atoms with Crippen LogP contribution in [-0.2, 0) is 17.3 Å². The fourth-order valence-electron chi connectivity index (χ4n) is 3.39. The molecule has 0 saturated heterocycles. The van der Waals surface area contributed by atoms with Crippen molar-refractivity contribution in [3.05, 3.63) is 29.8 Å². The van der Waals surface area contributed by atoms with Gasteiger partial charge >= 0.3 is 0 Å². The summed E-state index contributed by atoms with van der Waals surface area (Å²) in [6, 6.07) is 8.52. The Bertz CT molecular complexity index is 631. The number of nitrogens with zero attached hydrogens (tertiary/aromatic N) is 1. The Hall–Kier alpha value is -1.56. The second-order valence-electron chi connectivity index (χ2n) is 7.84. The van der Waals surface area contributed by atoms with E-state index in [9.17, 15) is 4.21 Å². The number of hydrogen-bond acceptors (Lipinski definition) is 3. The lowest BCUT2D eigenvalue weighted by molar-refractivity contribution is 0.271. The second-order valence-corrected chi connectivity index (χ2v) is 9.85. The first kappa shape index (κ1) is 22.7. The molecule has 3 unspecified atom stereocenters. The summed E-state index contributed by atoms with van der Waals surface area (Å²) in [6.07, 6.45) is 4.29. The fourth-order valence-corrected chi connectivity index (χ4v) is 4.74. The van der Waals surface area contributed by atoms with Crippen LogP contribution in [0.15, 0.2) is 29.3 Å². The van der Waals surface area contributed by atoms with Crippen molar-refractivity contribution < 1.29 is 8.95 Å². The van der Waals surface area contributed by atoms with Gasteiger partial charge in [-0.25, -0.2) is 4.99 Å². The molecule has 2 rings (SSSR count). The Morgan fingerprint density at radius 1 is 1.25 bits per heavy atom. The molecule has 1 aromatic rings. The van der Waals surface area contributed by atoms with E-state index in [2.05, 4.69) is 43.5 Å². The maximum Gasteiger partial charge on any atom is 0.191 e. The van der Waals surface area contributed by atoms with Crippen molar-refractivity contribution in [2.75, 3.05) is 18.9 Å². The van der Waals surface area contributed by atoms with Crippen LogP contribution in [0.25, 0.3) is 0 Å². The molecule has 0 radical (unpaired) electrons. The topological polar surface area (TPSA) is 62.7 Å². The van der Waals surface area contributed by atoms with Gasteiger partial charge in [-0.15, -0.1) is 0 Å². The molecule has 0 aliphatic heterocycles. The summed E-state index contributed by atoms with van der Waals surface area (Å²) < 4.78 is 17.9. The van der Waals surface area contributed by atoms with Crippen LogP contribution in [0.1, 0.15) is 58.9 Å². The standard InChI is InChI=1S/C22H37N3O2S/c1-5-23-22(25-19-8-7-9-21(14-19)28(26)6-2)24-15-18-10-12-20(13-11-18)27-16-17(3)4/h10-13,17,19,21H,5-9,14-16H2,1-4H3,(H2,23,24,25). The summed E-state index contributed by atoms with van der Waals surface area (Å²) in [7, 11) is -0.706.